The Morgan fingerprint density at radius 2 is 1.13 bits per heavy atom. The summed E-state index contributed by atoms with van der Waals surface area (Å²) in [7, 11) is 0. The second-order valence-electron chi connectivity index (χ2n) is 10.6. The predicted octanol–water partition coefficient (Wildman–Crippen LogP) is 7.84. The van der Waals surface area contributed by atoms with E-state index in [4.69, 9.17) is 5.11 Å². The molecule has 1 N–H and O–H groups in total. The molecular formula is C30H42O. The largest absolute Gasteiger partial charge is 0.396 e. The number of benzene rings is 2. The SMILES string of the molecule is C[C@H]1CC[C@H]([C@H]2CC[C@H](CCc3ccc(-c4ccc(CCCO)cc4)cc3)CC2)CC1. The van der Waals surface area contributed by atoms with Gasteiger partial charge in [-0.05, 0) is 97.3 Å². The first-order valence-corrected chi connectivity index (χ1v) is 13.0. The molecule has 0 aromatic heterocycles. The van der Waals surface area contributed by atoms with Gasteiger partial charge < -0.3 is 5.11 Å². The molecule has 0 spiro atoms. The molecule has 168 valence electrons. The predicted molar refractivity (Wildman–Crippen MR) is 132 cm³/mol. The first-order valence-electron chi connectivity index (χ1n) is 13.0. The van der Waals surface area contributed by atoms with E-state index >= 15 is 0 Å². The highest BCUT2D eigenvalue weighted by molar-refractivity contribution is 5.64. The van der Waals surface area contributed by atoms with Crippen LogP contribution >= 0.6 is 0 Å². The van der Waals surface area contributed by atoms with Crippen LogP contribution in [0.2, 0.25) is 0 Å². The van der Waals surface area contributed by atoms with Crippen molar-refractivity contribution in [3.8, 4) is 11.1 Å². The lowest BCUT2D eigenvalue weighted by molar-refractivity contribution is 0.148. The molecule has 0 saturated heterocycles. The van der Waals surface area contributed by atoms with Crippen molar-refractivity contribution in [1.82, 2.24) is 0 Å². The fourth-order valence-electron chi connectivity index (χ4n) is 6.09. The fourth-order valence-corrected chi connectivity index (χ4v) is 6.09. The lowest BCUT2D eigenvalue weighted by atomic mass is 9.69. The third-order valence-electron chi connectivity index (χ3n) is 8.32. The lowest BCUT2D eigenvalue weighted by Gasteiger charge is -2.37. The highest BCUT2D eigenvalue weighted by Crippen LogP contribution is 2.42. The van der Waals surface area contributed by atoms with Crippen LogP contribution in [0.25, 0.3) is 11.1 Å². The van der Waals surface area contributed by atoms with E-state index in [1.807, 2.05) is 0 Å². The van der Waals surface area contributed by atoms with Crippen LogP contribution in [-0.4, -0.2) is 11.7 Å². The minimum absolute atomic E-state index is 0.268. The summed E-state index contributed by atoms with van der Waals surface area (Å²) in [6, 6.07) is 18.1. The number of aliphatic hydroxyl groups is 1. The summed E-state index contributed by atoms with van der Waals surface area (Å²) in [6.07, 6.45) is 16.3. The van der Waals surface area contributed by atoms with Crippen LogP contribution in [0.5, 0.6) is 0 Å². The Bertz CT molecular complexity index is 759. The van der Waals surface area contributed by atoms with Crippen molar-refractivity contribution in [1.29, 1.82) is 0 Å². The highest BCUT2D eigenvalue weighted by Gasteiger charge is 2.29. The Hall–Kier alpha value is -1.60. The summed E-state index contributed by atoms with van der Waals surface area (Å²) in [5.74, 6) is 4.02. The van der Waals surface area contributed by atoms with Gasteiger partial charge in [0.15, 0.2) is 0 Å². The monoisotopic (exact) mass is 418 g/mol. The van der Waals surface area contributed by atoms with E-state index in [1.165, 1.54) is 86.5 Å². The minimum Gasteiger partial charge on any atom is -0.396 e. The summed E-state index contributed by atoms with van der Waals surface area (Å²) in [4.78, 5) is 0. The third kappa shape index (κ3) is 6.45. The summed E-state index contributed by atoms with van der Waals surface area (Å²) in [5, 5.41) is 8.99. The van der Waals surface area contributed by atoms with Crippen LogP contribution < -0.4 is 0 Å². The van der Waals surface area contributed by atoms with Crippen LogP contribution in [0, 0.1) is 23.7 Å². The van der Waals surface area contributed by atoms with Crippen molar-refractivity contribution < 1.29 is 5.11 Å². The van der Waals surface area contributed by atoms with Gasteiger partial charge in [-0.15, -0.1) is 0 Å². The van der Waals surface area contributed by atoms with Gasteiger partial charge in [-0.2, -0.15) is 0 Å². The molecule has 0 amide bonds. The number of aliphatic hydroxyl groups excluding tert-OH is 1. The molecule has 31 heavy (non-hydrogen) atoms. The first-order chi connectivity index (χ1) is 15.2. The average Bonchev–Trinajstić information content (AvgIpc) is 2.83. The maximum absolute atomic E-state index is 8.99. The molecule has 2 saturated carbocycles. The van der Waals surface area contributed by atoms with Crippen LogP contribution in [0.3, 0.4) is 0 Å². The molecule has 2 aliphatic rings. The topological polar surface area (TPSA) is 20.2 Å². The number of hydrogen-bond acceptors (Lipinski definition) is 1. The second kappa shape index (κ2) is 11.3. The van der Waals surface area contributed by atoms with Crippen molar-refractivity contribution in [2.45, 2.75) is 84.0 Å². The molecule has 1 nitrogen and oxygen atoms in total. The normalized spacial score (nSPS) is 26.6. The van der Waals surface area contributed by atoms with E-state index in [0.717, 1.165) is 36.5 Å². The van der Waals surface area contributed by atoms with Gasteiger partial charge in [0.2, 0.25) is 0 Å². The molecule has 0 aliphatic heterocycles. The molecule has 0 unspecified atom stereocenters. The maximum Gasteiger partial charge on any atom is 0.0434 e. The van der Waals surface area contributed by atoms with E-state index in [9.17, 15) is 0 Å². The fraction of sp³-hybridized carbons (Fsp3) is 0.600. The molecule has 2 aromatic carbocycles. The molecule has 0 radical (unpaired) electrons. The van der Waals surface area contributed by atoms with E-state index in [0.29, 0.717) is 0 Å². The van der Waals surface area contributed by atoms with E-state index in [2.05, 4.69) is 55.5 Å². The van der Waals surface area contributed by atoms with Crippen LogP contribution in [0.15, 0.2) is 48.5 Å². The molecule has 0 bridgehead atoms. The molecular weight excluding hydrogens is 376 g/mol. The minimum atomic E-state index is 0.268. The molecule has 0 atom stereocenters. The van der Waals surface area contributed by atoms with Crippen molar-refractivity contribution >= 4 is 0 Å². The van der Waals surface area contributed by atoms with Gasteiger partial charge in [-0.1, -0.05) is 81.1 Å². The van der Waals surface area contributed by atoms with Crippen molar-refractivity contribution in [3.05, 3.63) is 59.7 Å². The van der Waals surface area contributed by atoms with Crippen LogP contribution in [0.4, 0.5) is 0 Å². The highest BCUT2D eigenvalue weighted by atomic mass is 16.2. The zero-order valence-corrected chi connectivity index (χ0v) is 19.6. The van der Waals surface area contributed by atoms with Gasteiger partial charge in [-0.3, -0.25) is 0 Å². The average molecular weight is 419 g/mol. The lowest BCUT2D eigenvalue weighted by Crippen LogP contribution is -2.25. The zero-order chi connectivity index (χ0) is 21.5. The quantitative estimate of drug-likeness (QED) is 0.463. The number of aryl methyl sites for hydroxylation is 2. The van der Waals surface area contributed by atoms with E-state index < -0.39 is 0 Å². The molecule has 2 aromatic rings. The van der Waals surface area contributed by atoms with Crippen LogP contribution in [-0.2, 0) is 12.8 Å². The Morgan fingerprint density at radius 1 is 0.645 bits per heavy atom. The van der Waals surface area contributed by atoms with Gasteiger partial charge >= 0.3 is 0 Å². The van der Waals surface area contributed by atoms with E-state index in [-0.39, 0.29) is 6.61 Å². The third-order valence-corrected chi connectivity index (χ3v) is 8.32. The van der Waals surface area contributed by atoms with Crippen molar-refractivity contribution in [2.75, 3.05) is 6.61 Å². The molecule has 1 heteroatoms. The Kier molecular flexibility index (Phi) is 8.25. The first kappa shape index (κ1) is 22.6. The summed E-state index contributed by atoms with van der Waals surface area (Å²) in [5.41, 5.74) is 5.39. The van der Waals surface area contributed by atoms with Gasteiger partial charge in [0, 0.05) is 6.61 Å². The van der Waals surface area contributed by atoms with Crippen molar-refractivity contribution in [2.24, 2.45) is 23.7 Å². The maximum atomic E-state index is 8.99. The smallest absolute Gasteiger partial charge is 0.0434 e. The summed E-state index contributed by atoms with van der Waals surface area (Å²) in [6.45, 7) is 2.71. The van der Waals surface area contributed by atoms with Gasteiger partial charge in [0.1, 0.15) is 0 Å². The second-order valence-corrected chi connectivity index (χ2v) is 10.6. The molecule has 4 rings (SSSR count). The summed E-state index contributed by atoms with van der Waals surface area (Å²) >= 11 is 0. The Labute approximate surface area is 190 Å². The zero-order valence-electron chi connectivity index (χ0n) is 19.6. The molecule has 0 heterocycles. The van der Waals surface area contributed by atoms with Crippen LogP contribution in [0.1, 0.15) is 82.3 Å². The molecule has 2 aliphatic carbocycles. The molecule has 2 fully saturated rings. The van der Waals surface area contributed by atoms with Crippen molar-refractivity contribution in [3.63, 3.8) is 0 Å². The Balaban J connectivity index is 1.21. The number of rotatable bonds is 8. The van der Waals surface area contributed by atoms with E-state index in [1.54, 1.807) is 0 Å². The van der Waals surface area contributed by atoms with Gasteiger partial charge in [0.25, 0.3) is 0 Å². The summed E-state index contributed by atoms with van der Waals surface area (Å²) < 4.78 is 0. The number of hydrogen-bond donors (Lipinski definition) is 1. The Morgan fingerprint density at radius 3 is 1.65 bits per heavy atom. The van der Waals surface area contributed by atoms with Gasteiger partial charge in [0.05, 0.1) is 0 Å². The standard InChI is InChI=1S/C30H42O/c1-23-4-14-27(15-5-23)28-18-10-25(11-19-28)6-7-26-12-20-30(21-13-26)29-16-8-24(9-17-29)3-2-22-31/h8-9,12-13,16-17,20-21,23,25,27-28,31H,2-7,10-11,14-15,18-19,22H2,1H3/t23-,25-,27-,28-. The van der Waals surface area contributed by atoms with Gasteiger partial charge in [-0.25, -0.2) is 0 Å².